The number of ether oxygens (including phenoxy) is 1. The van der Waals surface area contributed by atoms with Crippen LogP contribution < -0.4 is 4.74 Å². The Morgan fingerprint density at radius 1 is 1.09 bits per heavy atom. The van der Waals surface area contributed by atoms with E-state index in [-0.39, 0.29) is 0 Å². The van der Waals surface area contributed by atoms with Crippen molar-refractivity contribution in [2.24, 2.45) is 0 Å². The Bertz CT molecular complexity index is 706. The Morgan fingerprint density at radius 2 is 1.78 bits per heavy atom. The lowest BCUT2D eigenvalue weighted by Crippen LogP contribution is -2.25. The molecule has 0 amide bonds. The minimum atomic E-state index is -2.13. The van der Waals surface area contributed by atoms with Gasteiger partial charge in [0.05, 0.1) is 0 Å². The van der Waals surface area contributed by atoms with Crippen LogP contribution in [0.5, 0.6) is 5.75 Å². The second-order valence-corrected chi connectivity index (χ2v) is 7.37. The number of carbonyl (C=O) groups excluding carboxylic acids is 1. The van der Waals surface area contributed by atoms with Crippen molar-refractivity contribution in [3.8, 4) is 5.75 Å². The average molecular weight is 390 g/mol. The number of allylic oxidation sites excluding steroid dienone is 1. The molecule has 0 fully saturated rings. The highest BCUT2D eigenvalue weighted by Gasteiger charge is 2.33. The number of halogens is 4. The number of benzene rings is 2. The SMILES string of the molecule is O=C(Oc1ccc(Cl)cc1C/C=C/c1ccccc1)C(Cl)(Cl)Cl. The molecule has 0 unspecified atom stereocenters. The predicted molar refractivity (Wildman–Crippen MR) is 96.6 cm³/mol. The molecule has 0 aliphatic rings. The summed E-state index contributed by atoms with van der Waals surface area (Å²) in [6.07, 6.45) is 4.41. The summed E-state index contributed by atoms with van der Waals surface area (Å²) in [7, 11) is 0. The van der Waals surface area contributed by atoms with E-state index in [1.54, 1.807) is 18.2 Å². The zero-order valence-corrected chi connectivity index (χ0v) is 14.8. The zero-order valence-electron chi connectivity index (χ0n) is 11.8. The molecule has 0 saturated carbocycles. The molecular weight excluding hydrogens is 378 g/mol. The van der Waals surface area contributed by atoms with Crippen LogP contribution in [0.1, 0.15) is 11.1 Å². The number of alkyl halides is 3. The van der Waals surface area contributed by atoms with E-state index in [2.05, 4.69) is 0 Å². The lowest BCUT2D eigenvalue weighted by Gasteiger charge is -2.13. The van der Waals surface area contributed by atoms with E-state index in [4.69, 9.17) is 51.1 Å². The van der Waals surface area contributed by atoms with Gasteiger partial charge in [-0.2, -0.15) is 0 Å². The van der Waals surface area contributed by atoms with Gasteiger partial charge in [0.25, 0.3) is 3.79 Å². The molecule has 6 heteroatoms. The van der Waals surface area contributed by atoms with Crippen molar-refractivity contribution in [3.63, 3.8) is 0 Å². The fraction of sp³-hybridized carbons (Fsp3) is 0.118. The molecule has 0 aliphatic carbocycles. The first kappa shape index (κ1) is 18.2. The van der Waals surface area contributed by atoms with Crippen LogP contribution in [0.15, 0.2) is 54.6 Å². The summed E-state index contributed by atoms with van der Waals surface area (Å²) in [6, 6.07) is 14.7. The highest BCUT2D eigenvalue weighted by atomic mass is 35.6. The third kappa shape index (κ3) is 5.74. The third-order valence-electron chi connectivity index (χ3n) is 2.90. The summed E-state index contributed by atoms with van der Waals surface area (Å²) < 4.78 is 3.01. The topological polar surface area (TPSA) is 26.3 Å². The van der Waals surface area contributed by atoms with Gasteiger partial charge >= 0.3 is 5.97 Å². The molecule has 23 heavy (non-hydrogen) atoms. The number of esters is 1. The van der Waals surface area contributed by atoms with Gasteiger partial charge in [0, 0.05) is 10.6 Å². The van der Waals surface area contributed by atoms with Gasteiger partial charge in [-0.15, -0.1) is 0 Å². The highest BCUT2D eigenvalue weighted by molar-refractivity contribution is 6.75. The van der Waals surface area contributed by atoms with Gasteiger partial charge in [-0.25, -0.2) is 4.79 Å². The van der Waals surface area contributed by atoms with E-state index >= 15 is 0 Å². The van der Waals surface area contributed by atoms with E-state index in [0.29, 0.717) is 22.8 Å². The van der Waals surface area contributed by atoms with Crippen molar-refractivity contribution >= 4 is 58.4 Å². The summed E-state index contributed by atoms with van der Waals surface area (Å²) in [4.78, 5) is 11.7. The maximum absolute atomic E-state index is 11.7. The van der Waals surface area contributed by atoms with Crippen molar-refractivity contribution in [1.82, 2.24) is 0 Å². The average Bonchev–Trinajstić information content (AvgIpc) is 2.50. The fourth-order valence-corrected chi connectivity index (χ4v) is 2.16. The summed E-state index contributed by atoms with van der Waals surface area (Å²) in [5, 5.41) is 0.529. The van der Waals surface area contributed by atoms with Crippen molar-refractivity contribution in [1.29, 1.82) is 0 Å². The maximum Gasteiger partial charge on any atom is 0.363 e. The van der Waals surface area contributed by atoms with E-state index in [1.165, 1.54) is 0 Å². The second kappa shape index (κ2) is 8.07. The van der Waals surface area contributed by atoms with Crippen LogP contribution in [0.25, 0.3) is 6.08 Å². The molecule has 0 heterocycles. The summed E-state index contributed by atoms with van der Waals surface area (Å²) in [5.41, 5.74) is 1.78. The molecular formula is C17H12Cl4O2. The van der Waals surface area contributed by atoms with Gasteiger partial charge in [0.2, 0.25) is 0 Å². The molecule has 0 bridgehead atoms. The fourth-order valence-electron chi connectivity index (χ4n) is 1.85. The van der Waals surface area contributed by atoms with Crippen LogP contribution in [0.2, 0.25) is 5.02 Å². The molecule has 0 N–H and O–H groups in total. The number of carbonyl (C=O) groups is 1. The van der Waals surface area contributed by atoms with Crippen molar-refractivity contribution in [3.05, 3.63) is 70.8 Å². The smallest absolute Gasteiger partial charge is 0.363 e. The van der Waals surface area contributed by atoms with E-state index < -0.39 is 9.76 Å². The predicted octanol–water partition coefficient (Wildman–Crippen LogP) is 5.87. The summed E-state index contributed by atoms with van der Waals surface area (Å²) in [5.74, 6) is -0.651. The largest absolute Gasteiger partial charge is 0.423 e. The second-order valence-electron chi connectivity index (χ2n) is 4.66. The molecule has 0 radical (unpaired) electrons. The lowest BCUT2D eigenvalue weighted by atomic mass is 10.1. The summed E-state index contributed by atoms with van der Waals surface area (Å²) >= 11 is 22.5. The van der Waals surface area contributed by atoms with Gasteiger partial charge in [0.15, 0.2) is 0 Å². The first-order chi connectivity index (χ1) is 10.9. The number of rotatable bonds is 4. The highest BCUT2D eigenvalue weighted by Crippen LogP contribution is 2.31. The van der Waals surface area contributed by atoms with Crippen LogP contribution in [-0.4, -0.2) is 9.76 Å². The lowest BCUT2D eigenvalue weighted by molar-refractivity contribution is -0.133. The van der Waals surface area contributed by atoms with Crippen LogP contribution in [0.4, 0.5) is 0 Å². The molecule has 2 nitrogen and oxygen atoms in total. The standard InChI is InChI=1S/C17H12Cl4O2/c18-14-9-10-15(23-16(22)17(19,20)21)13(11-14)8-4-7-12-5-2-1-3-6-12/h1-7,9-11H,8H2/b7-4+. The molecule has 120 valence electrons. The molecule has 0 aromatic heterocycles. The first-order valence-electron chi connectivity index (χ1n) is 6.65. The van der Waals surface area contributed by atoms with Crippen LogP contribution in [0.3, 0.4) is 0 Å². The monoisotopic (exact) mass is 388 g/mol. The molecule has 0 spiro atoms. The molecule has 0 saturated heterocycles. The van der Waals surface area contributed by atoms with Crippen molar-refractivity contribution < 1.29 is 9.53 Å². The Kier molecular flexibility index (Phi) is 6.37. The Hall–Kier alpha value is -1.19. The van der Waals surface area contributed by atoms with Crippen LogP contribution >= 0.6 is 46.4 Å². The van der Waals surface area contributed by atoms with Crippen molar-refractivity contribution in [2.75, 3.05) is 0 Å². The van der Waals surface area contributed by atoms with E-state index in [9.17, 15) is 4.79 Å². The molecule has 2 aromatic rings. The molecule has 0 atom stereocenters. The van der Waals surface area contributed by atoms with E-state index in [1.807, 2.05) is 42.5 Å². The Balaban J connectivity index is 2.16. The number of hydrogen-bond donors (Lipinski definition) is 0. The third-order valence-corrected chi connectivity index (χ3v) is 3.60. The van der Waals surface area contributed by atoms with Gasteiger partial charge in [0.1, 0.15) is 5.75 Å². The normalized spacial score (nSPS) is 11.7. The van der Waals surface area contributed by atoms with Crippen LogP contribution in [0, 0.1) is 0 Å². The van der Waals surface area contributed by atoms with E-state index in [0.717, 1.165) is 5.56 Å². The Labute approximate surface area is 154 Å². The first-order valence-corrected chi connectivity index (χ1v) is 8.16. The molecule has 2 rings (SSSR count). The van der Waals surface area contributed by atoms with Gasteiger partial charge in [-0.3, -0.25) is 0 Å². The van der Waals surface area contributed by atoms with Crippen molar-refractivity contribution in [2.45, 2.75) is 10.2 Å². The van der Waals surface area contributed by atoms with Gasteiger partial charge in [-0.05, 0) is 30.2 Å². The zero-order chi connectivity index (χ0) is 16.9. The Morgan fingerprint density at radius 3 is 2.43 bits per heavy atom. The molecule has 2 aromatic carbocycles. The quantitative estimate of drug-likeness (QED) is 0.371. The summed E-state index contributed by atoms with van der Waals surface area (Å²) in [6.45, 7) is 0. The van der Waals surface area contributed by atoms with Crippen LogP contribution in [-0.2, 0) is 11.2 Å². The van der Waals surface area contributed by atoms with Gasteiger partial charge < -0.3 is 4.74 Å². The van der Waals surface area contributed by atoms with Gasteiger partial charge in [-0.1, -0.05) is 88.9 Å². The maximum atomic E-state index is 11.7. The number of hydrogen-bond acceptors (Lipinski definition) is 2. The minimum absolute atomic E-state index is 0.309. The molecule has 0 aliphatic heterocycles. The minimum Gasteiger partial charge on any atom is -0.423 e.